The number of fused-ring (bicyclic) bond motifs is 1. The zero-order valence-electron chi connectivity index (χ0n) is 11.1. The number of nitrogens with one attached hydrogen (secondary N) is 1. The van der Waals surface area contributed by atoms with Gasteiger partial charge in [-0.2, -0.15) is 0 Å². The van der Waals surface area contributed by atoms with Gasteiger partial charge in [-0.3, -0.25) is 4.57 Å². The molecule has 108 valence electrons. The topological polar surface area (TPSA) is 105 Å². The van der Waals surface area contributed by atoms with E-state index >= 15 is 0 Å². The molecule has 1 saturated heterocycles. The molecule has 0 bridgehead atoms. The Morgan fingerprint density at radius 1 is 1.45 bits per heavy atom. The van der Waals surface area contributed by atoms with Crippen LogP contribution >= 0.6 is 0 Å². The summed E-state index contributed by atoms with van der Waals surface area (Å²) in [6.45, 7) is 2.59. The molecule has 0 aliphatic carbocycles. The van der Waals surface area contributed by atoms with Gasteiger partial charge in [0.25, 0.3) is 0 Å². The number of ether oxygens (including phenoxy) is 1. The summed E-state index contributed by atoms with van der Waals surface area (Å²) in [4.78, 5) is 12.6. The van der Waals surface area contributed by atoms with Gasteiger partial charge in [-0.25, -0.2) is 15.0 Å². The second kappa shape index (κ2) is 5.31. The highest BCUT2D eigenvalue weighted by Crippen LogP contribution is 2.31. The largest absolute Gasteiger partial charge is 0.394 e. The average Bonchev–Trinajstić information content (AvgIpc) is 3.03. The van der Waals surface area contributed by atoms with Gasteiger partial charge in [-0.05, 0) is 6.92 Å². The molecule has 0 amide bonds. The van der Waals surface area contributed by atoms with Gasteiger partial charge in [0.05, 0.1) is 19.0 Å². The maximum Gasteiger partial charge on any atom is 0.167 e. The summed E-state index contributed by atoms with van der Waals surface area (Å²) in [5, 5.41) is 22.3. The quantitative estimate of drug-likeness (QED) is 0.717. The van der Waals surface area contributed by atoms with E-state index < -0.39 is 12.3 Å². The fourth-order valence-electron chi connectivity index (χ4n) is 2.43. The predicted octanol–water partition coefficient (Wildman–Crippen LogP) is -0.101. The Morgan fingerprint density at radius 3 is 3.00 bits per heavy atom. The molecule has 8 heteroatoms. The van der Waals surface area contributed by atoms with Crippen molar-refractivity contribution in [2.24, 2.45) is 0 Å². The van der Waals surface area contributed by atoms with Crippen molar-refractivity contribution in [3.63, 3.8) is 0 Å². The summed E-state index contributed by atoms with van der Waals surface area (Å²) in [6.07, 6.45) is 1.79. The Labute approximate surface area is 115 Å². The smallest absolute Gasteiger partial charge is 0.167 e. The van der Waals surface area contributed by atoms with Crippen molar-refractivity contribution in [2.75, 3.05) is 18.5 Å². The van der Waals surface area contributed by atoms with Gasteiger partial charge >= 0.3 is 0 Å². The molecule has 3 atom stereocenters. The Bertz CT molecular complexity index is 602. The lowest BCUT2D eigenvalue weighted by atomic mass is 10.2. The van der Waals surface area contributed by atoms with E-state index in [9.17, 15) is 5.11 Å². The highest BCUT2D eigenvalue weighted by atomic mass is 16.5. The van der Waals surface area contributed by atoms with Crippen molar-refractivity contribution < 1.29 is 14.9 Å². The molecule has 1 unspecified atom stereocenters. The van der Waals surface area contributed by atoms with Crippen molar-refractivity contribution in [1.82, 2.24) is 19.5 Å². The molecular weight excluding hydrogens is 262 g/mol. The van der Waals surface area contributed by atoms with Gasteiger partial charge in [-0.15, -0.1) is 0 Å². The van der Waals surface area contributed by atoms with E-state index in [1.807, 2.05) is 6.92 Å². The monoisotopic (exact) mass is 279 g/mol. The molecule has 1 aliphatic rings. The zero-order valence-corrected chi connectivity index (χ0v) is 11.1. The van der Waals surface area contributed by atoms with Crippen LogP contribution in [0.15, 0.2) is 12.7 Å². The third-order valence-corrected chi connectivity index (χ3v) is 3.35. The summed E-state index contributed by atoms with van der Waals surface area (Å²) in [6, 6.07) is 0. The molecule has 0 saturated carbocycles. The van der Waals surface area contributed by atoms with E-state index in [0.717, 1.165) is 6.54 Å². The van der Waals surface area contributed by atoms with E-state index in [-0.39, 0.29) is 12.7 Å². The van der Waals surface area contributed by atoms with Crippen molar-refractivity contribution in [3.05, 3.63) is 12.7 Å². The van der Waals surface area contributed by atoms with Crippen LogP contribution in [0.1, 0.15) is 19.6 Å². The van der Waals surface area contributed by atoms with Gasteiger partial charge in [-0.1, -0.05) is 0 Å². The number of rotatable bonds is 4. The van der Waals surface area contributed by atoms with Crippen molar-refractivity contribution >= 4 is 17.0 Å². The van der Waals surface area contributed by atoms with Gasteiger partial charge in [0.1, 0.15) is 12.4 Å². The first-order chi connectivity index (χ1) is 9.74. The minimum atomic E-state index is -0.693. The van der Waals surface area contributed by atoms with Crippen LogP contribution in [-0.2, 0) is 4.74 Å². The molecule has 3 heterocycles. The molecule has 0 spiro atoms. The number of aromatic nitrogens is 4. The maximum absolute atomic E-state index is 10.1. The number of imidazole rings is 1. The first kappa shape index (κ1) is 13.2. The van der Waals surface area contributed by atoms with Gasteiger partial charge in [0, 0.05) is 13.0 Å². The van der Waals surface area contributed by atoms with Crippen LogP contribution in [0.25, 0.3) is 11.2 Å². The summed E-state index contributed by atoms with van der Waals surface area (Å²) in [5.41, 5.74) is 1.23. The van der Waals surface area contributed by atoms with E-state index in [1.165, 1.54) is 6.33 Å². The van der Waals surface area contributed by atoms with E-state index in [2.05, 4.69) is 20.3 Å². The molecule has 1 fully saturated rings. The summed E-state index contributed by atoms with van der Waals surface area (Å²) in [7, 11) is 0. The van der Waals surface area contributed by atoms with Crippen LogP contribution in [-0.4, -0.2) is 55.1 Å². The Morgan fingerprint density at radius 2 is 2.30 bits per heavy atom. The molecule has 0 radical (unpaired) electrons. The lowest BCUT2D eigenvalue weighted by molar-refractivity contribution is -0.0486. The molecule has 1 aliphatic heterocycles. The van der Waals surface area contributed by atoms with Gasteiger partial charge in [0.2, 0.25) is 0 Å². The minimum Gasteiger partial charge on any atom is -0.394 e. The van der Waals surface area contributed by atoms with Crippen molar-refractivity contribution in [1.29, 1.82) is 0 Å². The highest BCUT2D eigenvalue weighted by molar-refractivity contribution is 5.82. The van der Waals surface area contributed by atoms with E-state index in [0.29, 0.717) is 23.4 Å². The fraction of sp³-hybridized carbons (Fsp3) is 0.583. The molecular formula is C12H17N5O3. The van der Waals surface area contributed by atoms with E-state index in [1.54, 1.807) is 10.9 Å². The third kappa shape index (κ3) is 2.11. The average molecular weight is 279 g/mol. The lowest BCUT2D eigenvalue weighted by Crippen LogP contribution is -2.19. The van der Waals surface area contributed by atoms with E-state index in [4.69, 9.17) is 9.84 Å². The molecule has 0 aromatic carbocycles. The molecule has 3 N–H and O–H groups in total. The molecule has 3 rings (SSSR count). The first-order valence-electron chi connectivity index (χ1n) is 6.60. The SMILES string of the molecule is CCNc1ncnc2c1ncn2[C@@H]1O[C@H](CO)CC1O. The number of anilines is 1. The van der Waals surface area contributed by atoms with Crippen LogP contribution in [0, 0.1) is 0 Å². The van der Waals surface area contributed by atoms with Crippen LogP contribution in [0.2, 0.25) is 0 Å². The van der Waals surface area contributed by atoms with Crippen LogP contribution < -0.4 is 5.32 Å². The number of aliphatic hydroxyl groups is 2. The Kier molecular flexibility index (Phi) is 3.51. The molecule has 20 heavy (non-hydrogen) atoms. The number of hydrogen-bond donors (Lipinski definition) is 3. The predicted molar refractivity (Wildman–Crippen MR) is 71.1 cm³/mol. The number of hydrogen-bond acceptors (Lipinski definition) is 7. The normalized spacial score (nSPS) is 26.2. The standard InChI is InChI=1S/C12H17N5O3/c1-2-13-10-9-11(15-5-14-10)17(6-16-9)12-8(19)3-7(4-18)20-12/h5-8,12,18-19H,2-4H2,1H3,(H,13,14,15)/t7-,8?,12+/m0/s1. The van der Waals surface area contributed by atoms with Crippen molar-refractivity contribution in [3.8, 4) is 0 Å². The molecule has 2 aromatic heterocycles. The first-order valence-corrected chi connectivity index (χ1v) is 6.60. The van der Waals surface area contributed by atoms with Crippen molar-refractivity contribution in [2.45, 2.75) is 31.8 Å². The second-order valence-corrected chi connectivity index (χ2v) is 4.71. The van der Waals surface area contributed by atoms with Gasteiger partial charge < -0.3 is 20.3 Å². The van der Waals surface area contributed by atoms with Crippen LogP contribution in [0.4, 0.5) is 5.82 Å². The summed E-state index contributed by atoms with van der Waals surface area (Å²) < 4.78 is 7.30. The second-order valence-electron chi connectivity index (χ2n) is 4.71. The number of nitrogens with zero attached hydrogens (tertiary/aromatic N) is 4. The lowest BCUT2D eigenvalue weighted by Gasteiger charge is -2.16. The zero-order chi connectivity index (χ0) is 14.1. The minimum absolute atomic E-state index is 0.113. The third-order valence-electron chi connectivity index (χ3n) is 3.35. The maximum atomic E-state index is 10.1. The summed E-state index contributed by atoms with van der Waals surface area (Å²) in [5.74, 6) is 0.655. The highest BCUT2D eigenvalue weighted by Gasteiger charge is 2.35. The summed E-state index contributed by atoms with van der Waals surface area (Å²) >= 11 is 0. The Balaban J connectivity index is 1.99. The number of aliphatic hydroxyl groups excluding tert-OH is 2. The van der Waals surface area contributed by atoms with Crippen LogP contribution in [0.5, 0.6) is 0 Å². The molecule has 8 nitrogen and oxygen atoms in total. The van der Waals surface area contributed by atoms with Crippen LogP contribution in [0.3, 0.4) is 0 Å². The molecule has 2 aromatic rings. The fourth-order valence-corrected chi connectivity index (χ4v) is 2.43. The Hall–Kier alpha value is -1.77. The van der Waals surface area contributed by atoms with Gasteiger partial charge in [0.15, 0.2) is 23.2 Å².